The Morgan fingerprint density at radius 1 is 1.45 bits per heavy atom. The van der Waals surface area contributed by atoms with E-state index in [4.69, 9.17) is 5.11 Å². The van der Waals surface area contributed by atoms with Gasteiger partial charge in [-0.2, -0.15) is 0 Å². The van der Waals surface area contributed by atoms with Crippen LogP contribution in [0.15, 0.2) is 0 Å². The highest BCUT2D eigenvalue weighted by Crippen LogP contribution is 2.27. The van der Waals surface area contributed by atoms with E-state index >= 15 is 0 Å². The molecule has 1 fully saturated rings. The molecule has 1 saturated carbocycles. The molecule has 0 amide bonds. The summed E-state index contributed by atoms with van der Waals surface area (Å²) in [5, 5.41) is 9.15. The van der Waals surface area contributed by atoms with Gasteiger partial charge in [0.1, 0.15) is 0 Å². The van der Waals surface area contributed by atoms with Gasteiger partial charge in [-0.05, 0) is 40.2 Å². The number of hydrogen-bond acceptors (Lipinski definition) is 2. The molecule has 2 heteroatoms. The second kappa shape index (κ2) is 3.55. The molecule has 1 aliphatic rings. The van der Waals surface area contributed by atoms with E-state index in [2.05, 4.69) is 18.9 Å². The molecule has 1 N–H and O–H groups in total. The van der Waals surface area contributed by atoms with E-state index in [1.165, 1.54) is 12.8 Å². The molecule has 2 unspecified atom stereocenters. The van der Waals surface area contributed by atoms with E-state index in [9.17, 15) is 0 Å². The van der Waals surface area contributed by atoms with Crippen LogP contribution in [0.25, 0.3) is 0 Å². The Morgan fingerprint density at radius 2 is 2.00 bits per heavy atom. The molecule has 0 spiro atoms. The van der Waals surface area contributed by atoms with E-state index in [1.54, 1.807) is 0 Å². The van der Waals surface area contributed by atoms with E-state index in [0.29, 0.717) is 6.04 Å². The summed E-state index contributed by atoms with van der Waals surface area (Å²) < 4.78 is 0. The molecule has 66 valence electrons. The lowest BCUT2D eigenvalue weighted by atomic mass is 10.1. The van der Waals surface area contributed by atoms with Crippen molar-refractivity contribution in [3.05, 3.63) is 0 Å². The molecule has 0 aliphatic heterocycles. The summed E-state index contributed by atoms with van der Waals surface area (Å²) in [6.45, 7) is 4.04. The second-order valence-electron chi connectivity index (χ2n) is 3.83. The van der Waals surface area contributed by atoms with Crippen molar-refractivity contribution in [1.29, 1.82) is 0 Å². The van der Waals surface area contributed by atoms with Crippen LogP contribution in [0.3, 0.4) is 0 Å². The fourth-order valence-electron chi connectivity index (χ4n) is 1.50. The van der Waals surface area contributed by atoms with Gasteiger partial charge < -0.3 is 10.0 Å². The third-order valence-corrected chi connectivity index (χ3v) is 2.50. The Bertz CT molecular complexity index is 121. The maximum absolute atomic E-state index is 9.15. The van der Waals surface area contributed by atoms with Crippen LogP contribution in [0.1, 0.15) is 33.1 Å². The van der Waals surface area contributed by atoms with E-state index < -0.39 is 0 Å². The maximum atomic E-state index is 9.15. The summed E-state index contributed by atoms with van der Waals surface area (Å²) in [4.78, 5) is 2.38. The monoisotopic (exact) mass is 157 g/mol. The van der Waals surface area contributed by atoms with Crippen molar-refractivity contribution in [1.82, 2.24) is 4.90 Å². The molecule has 0 radical (unpaired) electrons. The predicted octanol–water partition coefficient (Wildman–Crippen LogP) is 1.24. The van der Waals surface area contributed by atoms with Crippen molar-refractivity contribution in [3.63, 3.8) is 0 Å². The zero-order chi connectivity index (χ0) is 8.43. The number of aliphatic hydroxyl groups is 1. The topological polar surface area (TPSA) is 23.5 Å². The lowest BCUT2D eigenvalue weighted by Gasteiger charge is -2.25. The molecule has 11 heavy (non-hydrogen) atoms. The minimum atomic E-state index is -0.161. The first-order chi connectivity index (χ1) is 5.11. The summed E-state index contributed by atoms with van der Waals surface area (Å²) in [7, 11) is 2.16. The maximum Gasteiger partial charge on any atom is 0.0526 e. The minimum absolute atomic E-state index is 0.161. The number of rotatable bonds is 4. The molecule has 0 aromatic carbocycles. The standard InChI is InChI=1S/C9H19NO/c1-7(6-8(2)11)10(3)9-4-5-9/h7-9,11H,4-6H2,1-3H3. The van der Waals surface area contributed by atoms with Crippen LogP contribution in [0.5, 0.6) is 0 Å². The molecule has 0 aromatic rings. The van der Waals surface area contributed by atoms with Gasteiger partial charge in [0.2, 0.25) is 0 Å². The van der Waals surface area contributed by atoms with Crippen LogP contribution in [0.4, 0.5) is 0 Å². The van der Waals surface area contributed by atoms with Crippen LogP contribution in [0.2, 0.25) is 0 Å². The predicted molar refractivity (Wildman–Crippen MR) is 46.5 cm³/mol. The van der Waals surface area contributed by atoms with Gasteiger partial charge in [0.25, 0.3) is 0 Å². The van der Waals surface area contributed by atoms with Gasteiger partial charge in [-0.25, -0.2) is 0 Å². The van der Waals surface area contributed by atoms with Crippen molar-refractivity contribution in [2.45, 2.75) is 51.3 Å². The molecular formula is C9H19NO. The highest BCUT2D eigenvalue weighted by atomic mass is 16.3. The lowest BCUT2D eigenvalue weighted by molar-refractivity contribution is 0.130. The molecule has 1 aliphatic carbocycles. The molecule has 2 nitrogen and oxygen atoms in total. The van der Waals surface area contributed by atoms with Crippen LogP contribution < -0.4 is 0 Å². The van der Waals surface area contributed by atoms with Gasteiger partial charge in [0, 0.05) is 12.1 Å². The van der Waals surface area contributed by atoms with Gasteiger partial charge in [-0.3, -0.25) is 0 Å². The molecule has 0 heterocycles. The first kappa shape index (κ1) is 9.01. The van der Waals surface area contributed by atoms with E-state index in [1.807, 2.05) is 6.92 Å². The van der Waals surface area contributed by atoms with Gasteiger partial charge in [-0.1, -0.05) is 0 Å². The molecule has 0 saturated heterocycles. The van der Waals surface area contributed by atoms with Crippen molar-refractivity contribution < 1.29 is 5.11 Å². The largest absolute Gasteiger partial charge is 0.393 e. The summed E-state index contributed by atoms with van der Waals surface area (Å²) in [5.41, 5.74) is 0. The first-order valence-electron chi connectivity index (χ1n) is 4.51. The first-order valence-corrected chi connectivity index (χ1v) is 4.51. The Kier molecular flexibility index (Phi) is 2.90. The van der Waals surface area contributed by atoms with Crippen molar-refractivity contribution >= 4 is 0 Å². The molecule has 0 bridgehead atoms. The van der Waals surface area contributed by atoms with Gasteiger partial charge >= 0.3 is 0 Å². The summed E-state index contributed by atoms with van der Waals surface area (Å²) >= 11 is 0. The zero-order valence-corrected chi connectivity index (χ0v) is 7.75. The van der Waals surface area contributed by atoms with Gasteiger partial charge in [-0.15, -0.1) is 0 Å². The fraction of sp³-hybridized carbons (Fsp3) is 1.00. The van der Waals surface area contributed by atoms with Crippen molar-refractivity contribution in [2.75, 3.05) is 7.05 Å². The minimum Gasteiger partial charge on any atom is -0.393 e. The van der Waals surface area contributed by atoms with Gasteiger partial charge in [0.15, 0.2) is 0 Å². The molecule has 2 atom stereocenters. The average molecular weight is 157 g/mol. The van der Waals surface area contributed by atoms with Crippen LogP contribution in [-0.2, 0) is 0 Å². The smallest absolute Gasteiger partial charge is 0.0526 e. The quantitative estimate of drug-likeness (QED) is 0.663. The number of aliphatic hydroxyl groups excluding tert-OH is 1. The molecular weight excluding hydrogens is 138 g/mol. The average Bonchev–Trinajstić information content (AvgIpc) is 2.65. The Morgan fingerprint density at radius 3 is 2.36 bits per heavy atom. The number of hydrogen-bond donors (Lipinski definition) is 1. The summed E-state index contributed by atoms with van der Waals surface area (Å²) in [6.07, 6.45) is 3.43. The third kappa shape index (κ3) is 2.80. The van der Waals surface area contributed by atoms with Crippen LogP contribution in [0, 0.1) is 0 Å². The Hall–Kier alpha value is -0.0800. The van der Waals surface area contributed by atoms with Crippen molar-refractivity contribution in [2.24, 2.45) is 0 Å². The molecule has 1 rings (SSSR count). The van der Waals surface area contributed by atoms with E-state index in [-0.39, 0.29) is 6.10 Å². The van der Waals surface area contributed by atoms with Crippen LogP contribution in [-0.4, -0.2) is 35.2 Å². The van der Waals surface area contributed by atoms with Crippen molar-refractivity contribution in [3.8, 4) is 0 Å². The summed E-state index contributed by atoms with van der Waals surface area (Å²) in [5.74, 6) is 0. The fourth-order valence-corrected chi connectivity index (χ4v) is 1.50. The normalized spacial score (nSPS) is 23.7. The lowest BCUT2D eigenvalue weighted by Crippen LogP contribution is -2.33. The summed E-state index contributed by atoms with van der Waals surface area (Å²) in [6, 6.07) is 1.34. The van der Waals surface area contributed by atoms with E-state index in [0.717, 1.165) is 12.5 Å². The Labute approximate surface area is 69.2 Å². The SMILES string of the molecule is CC(O)CC(C)N(C)C1CC1. The highest BCUT2D eigenvalue weighted by molar-refractivity contribution is 4.85. The highest BCUT2D eigenvalue weighted by Gasteiger charge is 2.29. The number of nitrogens with zero attached hydrogens (tertiary/aromatic N) is 1. The third-order valence-electron chi connectivity index (χ3n) is 2.50. The van der Waals surface area contributed by atoms with Gasteiger partial charge in [0.05, 0.1) is 6.10 Å². The van der Waals surface area contributed by atoms with Crippen LogP contribution >= 0.6 is 0 Å². The zero-order valence-electron chi connectivity index (χ0n) is 7.75. The second-order valence-corrected chi connectivity index (χ2v) is 3.83. The Balaban J connectivity index is 2.21. The molecule has 0 aromatic heterocycles.